The van der Waals surface area contributed by atoms with Crippen LogP contribution >= 0.6 is 0 Å². The minimum atomic E-state index is -0.130. The summed E-state index contributed by atoms with van der Waals surface area (Å²) in [5.74, 6) is 0.310. The van der Waals surface area contributed by atoms with E-state index in [9.17, 15) is 9.59 Å². The number of aromatic nitrogens is 4. The van der Waals surface area contributed by atoms with Gasteiger partial charge in [-0.1, -0.05) is 6.92 Å². The molecule has 148 valence electrons. The van der Waals surface area contributed by atoms with E-state index >= 15 is 0 Å². The number of carbonyl (C=O) groups excluding carboxylic acids is 1. The molecule has 0 aromatic carbocycles. The van der Waals surface area contributed by atoms with Crippen molar-refractivity contribution in [2.45, 2.75) is 38.6 Å². The van der Waals surface area contributed by atoms with Crippen LogP contribution in [0.15, 0.2) is 23.3 Å². The molecule has 0 aliphatic carbocycles. The number of aromatic amines is 2. The highest BCUT2D eigenvalue weighted by Crippen LogP contribution is 2.32. The molecule has 0 spiro atoms. The fourth-order valence-electron chi connectivity index (χ4n) is 4.78. The van der Waals surface area contributed by atoms with Crippen molar-refractivity contribution >= 4 is 28.1 Å². The second kappa shape index (κ2) is 6.68. The average molecular weight is 382 g/mol. The molecule has 2 amide bonds. The summed E-state index contributed by atoms with van der Waals surface area (Å²) in [4.78, 5) is 40.3. The van der Waals surface area contributed by atoms with Gasteiger partial charge >= 0.3 is 11.7 Å². The Morgan fingerprint density at radius 3 is 2.82 bits per heavy atom. The monoisotopic (exact) mass is 382 g/mol. The number of hydrogen-bond donors (Lipinski definition) is 2. The summed E-state index contributed by atoms with van der Waals surface area (Å²) in [5.41, 5.74) is 2.25. The highest BCUT2D eigenvalue weighted by Gasteiger charge is 2.34. The number of nitrogens with one attached hydrogen (secondary N) is 2. The summed E-state index contributed by atoms with van der Waals surface area (Å²) in [6.07, 6.45) is 7.81. The first-order valence-corrected chi connectivity index (χ1v) is 10.2. The van der Waals surface area contributed by atoms with Crippen molar-refractivity contribution in [2.75, 3.05) is 26.2 Å². The van der Waals surface area contributed by atoms with Crippen molar-refractivity contribution in [3.8, 4) is 0 Å². The van der Waals surface area contributed by atoms with E-state index in [4.69, 9.17) is 0 Å². The summed E-state index contributed by atoms with van der Waals surface area (Å²) < 4.78 is 1.85. The lowest BCUT2D eigenvalue weighted by Crippen LogP contribution is -2.51. The van der Waals surface area contributed by atoms with Crippen LogP contribution in [0.5, 0.6) is 0 Å². The predicted octanol–water partition coefficient (Wildman–Crippen LogP) is 2.69. The third-order valence-electron chi connectivity index (χ3n) is 6.41. The van der Waals surface area contributed by atoms with E-state index in [1.54, 1.807) is 6.20 Å². The van der Waals surface area contributed by atoms with Crippen LogP contribution in [0.2, 0.25) is 0 Å². The van der Waals surface area contributed by atoms with Gasteiger partial charge in [-0.25, -0.2) is 14.6 Å². The van der Waals surface area contributed by atoms with E-state index < -0.39 is 0 Å². The maximum Gasteiger partial charge on any atom is 0.326 e. The lowest BCUT2D eigenvalue weighted by Gasteiger charge is -2.40. The van der Waals surface area contributed by atoms with Crippen molar-refractivity contribution < 1.29 is 4.79 Å². The second-order valence-electron chi connectivity index (χ2n) is 8.17. The molecule has 28 heavy (non-hydrogen) atoms. The number of imidazole rings is 1. The number of hydrogen-bond acceptors (Lipinski definition) is 3. The number of nitrogens with zero attached hydrogens (tertiary/aromatic N) is 4. The molecule has 0 bridgehead atoms. The first kappa shape index (κ1) is 17.3. The first-order chi connectivity index (χ1) is 13.6. The average Bonchev–Trinajstić information content (AvgIpc) is 3.32. The maximum absolute atomic E-state index is 13.0. The Morgan fingerprint density at radius 1 is 1.18 bits per heavy atom. The number of pyridine rings is 1. The van der Waals surface area contributed by atoms with Gasteiger partial charge < -0.3 is 19.8 Å². The topological polar surface area (TPSA) is 90.0 Å². The van der Waals surface area contributed by atoms with Gasteiger partial charge in [-0.15, -0.1) is 0 Å². The quantitative estimate of drug-likeness (QED) is 0.678. The van der Waals surface area contributed by atoms with Gasteiger partial charge in [0.2, 0.25) is 0 Å². The molecule has 8 heteroatoms. The molecule has 5 heterocycles. The van der Waals surface area contributed by atoms with Gasteiger partial charge in [0.25, 0.3) is 0 Å². The van der Waals surface area contributed by atoms with Crippen molar-refractivity contribution in [3.63, 3.8) is 0 Å². The van der Waals surface area contributed by atoms with Crippen LogP contribution in [0.25, 0.3) is 22.1 Å². The van der Waals surface area contributed by atoms with Gasteiger partial charge in [0.05, 0.1) is 23.3 Å². The van der Waals surface area contributed by atoms with Crippen LogP contribution in [-0.4, -0.2) is 61.5 Å². The van der Waals surface area contributed by atoms with E-state index in [1.807, 2.05) is 26.6 Å². The number of urea groups is 1. The van der Waals surface area contributed by atoms with Crippen LogP contribution in [0, 0.1) is 5.92 Å². The summed E-state index contributed by atoms with van der Waals surface area (Å²) in [7, 11) is 0. The van der Waals surface area contributed by atoms with Crippen LogP contribution in [0.1, 0.15) is 38.6 Å². The van der Waals surface area contributed by atoms with Gasteiger partial charge in [-0.3, -0.25) is 4.57 Å². The van der Waals surface area contributed by atoms with E-state index in [-0.39, 0.29) is 17.8 Å². The lowest BCUT2D eigenvalue weighted by atomic mass is 9.93. The molecule has 2 aliphatic heterocycles. The van der Waals surface area contributed by atoms with Crippen LogP contribution in [0.3, 0.4) is 0 Å². The Bertz CT molecular complexity index is 1070. The predicted molar refractivity (Wildman–Crippen MR) is 107 cm³/mol. The third kappa shape index (κ3) is 2.70. The van der Waals surface area contributed by atoms with Crippen molar-refractivity contribution in [1.29, 1.82) is 0 Å². The molecule has 8 nitrogen and oxygen atoms in total. The normalized spacial score (nSPS) is 23.6. The van der Waals surface area contributed by atoms with E-state index in [2.05, 4.69) is 21.9 Å². The Morgan fingerprint density at radius 2 is 2.00 bits per heavy atom. The zero-order valence-corrected chi connectivity index (χ0v) is 16.1. The summed E-state index contributed by atoms with van der Waals surface area (Å²) in [6.45, 7) is 5.19. The fraction of sp³-hybridized carbons (Fsp3) is 0.550. The lowest BCUT2D eigenvalue weighted by molar-refractivity contribution is 0.106. The van der Waals surface area contributed by atoms with Crippen molar-refractivity contribution in [3.05, 3.63) is 28.9 Å². The van der Waals surface area contributed by atoms with Gasteiger partial charge in [0, 0.05) is 37.8 Å². The minimum absolute atomic E-state index is 0.0516. The molecular weight excluding hydrogens is 356 g/mol. The number of amides is 2. The van der Waals surface area contributed by atoms with Gasteiger partial charge in [0.15, 0.2) is 0 Å². The Kier molecular flexibility index (Phi) is 4.14. The molecule has 3 aromatic rings. The fourth-order valence-corrected chi connectivity index (χ4v) is 4.78. The molecule has 2 fully saturated rings. The molecule has 2 saturated heterocycles. The zero-order valence-electron chi connectivity index (χ0n) is 16.1. The van der Waals surface area contributed by atoms with Crippen LogP contribution in [-0.2, 0) is 0 Å². The summed E-state index contributed by atoms with van der Waals surface area (Å²) >= 11 is 0. The van der Waals surface area contributed by atoms with Crippen LogP contribution in [0.4, 0.5) is 4.79 Å². The van der Waals surface area contributed by atoms with Gasteiger partial charge in [0.1, 0.15) is 5.65 Å². The van der Waals surface area contributed by atoms with E-state index in [1.165, 1.54) is 6.42 Å². The van der Waals surface area contributed by atoms with Crippen molar-refractivity contribution in [1.82, 2.24) is 29.3 Å². The SMILES string of the molecule is C[C@@H]1CCN(C(=O)N2CCCCC2)C[C@@H]1n1c(=O)[nH]c2cnc3[nH]ccc3c21. The molecule has 5 rings (SSSR count). The maximum atomic E-state index is 13.0. The second-order valence-corrected chi connectivity index (χ2v) is 8.17. The van der Waals surface area contributed by atoms with Crippen molar-refractivity contribution in [2.24, 2.45) is 5.92 Å². The molecule has 2 aliphatic rings. The molecule has 0 saturated carbocycles. The largest absolute Gasteiger partial charge is 0.346 e. The Labute approximate surface area is 162 Å². The number of H-pyrrole nitrogens is 2. The summed E-state index contributed by atoms with van der Waals surface area (Å²) in [6, 6.07) is 2.03. The highest BCUT2D eigenvalue weighted by atomic mass is 16.2. The molecule has 2 N–H and O–H groups in total. The van der Waals surface area contributed by atoms with E-state index in [0.29, 0.717) is 12.5 Å². The summed E-state index contributed by atoms with van der Waals surface area (Å²) in [5, 5.41) is 0.933. The Hall–Kier alpha value is -2.77. The smallest absolute Gasteiger partial charge is 0.326 e. The number of likely N-dealkylation sites (tertiary alicyclic amines) is 2. The standard InChI is InChI=1S/C20H26N6O2/c1-13-6-10-25(20(28)24-8-3-2-4-9-24)12-16(13)26-17-14-5-7-21-18(14)22-11-15(17)23-19(26)27/h5,7,11,13,16H,2-4,6,8-10,12H2,1H3,(H,21,22)(H,23,27)/t13-,16+/m1/s1. The molecule has 0 unspecified atom stereocenters. The van der Waals surface area contributed by atoms with Crippen LogP contribution < -0.4 is 5.69 Å². The van der Waals surface area contributed by atoms with Gasteiger partial charge in [-0.05, 0) is 37.7 Å². The number of rotatable bonds is 1. The van der Waals surface area contributed by atoms with Gasteiger partial charge in [-0.2, -0.15) is 0 Å². The number of carbonyl (C=O) groups is 1. The third-order valence-corrected chi connectivity index (χ3v) is 6.41. The number of fused-ring (bicyclic) bond motifs is 3. The molecule has 2 atom stereocenters. The minimum Gasteiger partial charge on any atom is -0.346 e. The molecule has 0 radical (unpaired) electrons. The molecular formula is C20H26N6O2. The molecule has 3 aromatic heterocycles. The first-order valence-electron chi connectivity index (χ1n) is 10.2. The highest BCUT2D eigenvalue weighted by molar-refractivity contribution is 6.00. The Balaban J connectivity index is 1.52. The van der Waals surface area contributed by atoms with E-state index in [0.717, 1.165) is 61.0 Å². The number of piperidine rings is 2. The zero-order chi connectivity index (χ0) is 19.3.